The number of tetrazole rings is 1. The van der Waals surface area contributed by atoms with Crippen LogP contribution in [0.3, 0.4) is 0 Å². The van der Waals surface area contributed by atoms with E-state index in [9.17, 15) is 18.4 Å². The van der Waals surface area contributed by atoms with E-state index in [0.29, 0.717) is 33.1 Å². The van der Waals surface area contributed by atoms with Gasteiger partial charge in [-0.15, -0.1) is 0 Å². The fourth-order valence-corrected chi connectivity index (χ4v) is 2.92. The second-order valence-electron chi connectivity index (χ2n) is 5.23. The molecule has 3 aromatic rings. The number of nitrogens with one attached hydrogen (secondary N) is 1. The molecule has 27 heavy (non-hydrogen) atoms. The maximum Gasteiger partial charge on any atom is 0.369 e. The van der Waals surface area contributed by atoms with Gasteiger partial charge in [-0.1, -0.05) is 35.5 Å². The first-order valence-electron chi connectivity index (χ1n) is 7.56. The number of anilines is 1. The van der Waals surface area contributed by atoms with Crippen LogP contribution in [0.1, 0.15) is 0 Å². The van der Waals surface area contributed by atoms with E-state index in [1.165, 1.54) is 24.3 Å². The Hall–Kier alpha value is -2.72. The Labute approximate surface area is 160 Å². The number of hydrogen-bond donors (Lipinski definition) is 1. The molecule has 140 valence electrons. The lowest BCUT2D eigenvalue weighted by molar-refractivity contribution is -0.117. The van der Waals surface area contributed by atoms with Crippen molar-refractivity contribution < 1.29 is 13.6 Å². The Morgan fingerprint density at radius 1 is 1.15 bits per heavy atom. The normalized spacial score (nSPS) is 11.0. The van der Waals surface area contributed by atoms with E-state index in [2.05, 4.69) is 15.7 Å². The van der Waals surface area contributed by atoms with Crippen LogP contribution in [0.25, 0.3) is 5.69 Å². The lowest BCUT2D eigenvalue weighted by Gasteiger charge is -2.06. The smallest absolute Gasteiger partial charge is 0.324 e. The number of nitrogens with zero attached hydrogens (tertiary/aromatic N) is 4. The standard InChI is InChI=1S/C16H12ClF2N5O2S/c17-12-3-1-2-4-13(12)24-16(26)23(21-22-24)9-14(25)20-10-5-7-11(8-6-10)27-15(18)19/h1-8,15H,9H2,(H,20,25). The van der Waals surface area contributed by atoms with Crippen LogP contribution in [0, 0.1) is 0 Å². The minimum atomic E-state index is -2.52. The molecule has 2 aromatic carbocycles. The first-order chi connectivity index (χ1) is 12.9. The first kappa shape index (κ1) is 19.1. The maximum atomic E-state index is 12.3. The Bertz CT molecular complexity index is 1010. The van der Waals surface area contributed by atoms with Gasteiger partial charge in [0.25, 0.3) is 5.76 Å². The van der Waals surface area contributed by atoms with Crippen molar-refractivity contribution in [1.82, 2.24) is 19.8 Å². The van der Waals surface area contributed by atoms with Crippen molar-refractivity contribution in [3.05, 3.63) is 64.0 Å². The van der Waals surface area contributed by atoms with Crippen molar-refractivity contribution in [2.24, 2.45) is 0 Å². The summed E-state index contributed by atoms with van der Waals surface area (Å²) < 4.78 is 26.5. The molecule has 11 heteroatoms. The SMILES string of the molecule is O=C(Cn1nnn(-c2ccccc2Cl)c1=O)Nc1ccc(SC(F)F)cc1. The molecular formula is C16H12ClF2N5O2S. The van der Waals surface area contributed by atoms with E-state index in [-0.39, 0.29) is 6.54 Å². The lowest BCUT2D eigenvalue weighted by atomic mass is 10.3. The summed E-state index contributed by atoms with van der Waals surface area (Å²) in [6, 6.07) is 12.5. The largest absolute Gasteiger partial charge is 0.369 e. The van der Waals surface area contributed by atoms with Gasteiger partial charge >= 0.3 is 5.69 Å². The number of para-hydroxylation sites is 1. The molecule has 0 aliphatic rings. The summed E-state index contributed by atoms with van der Waals surface area (Å²) in [5, 5.41) is 10.3. The van der Waals surface area contributed by atoms with Crippen LogP contribution in [0.15, 0.2) is 58.2 Å². The van der Waals surface area contributed by atoms with Gasteiger partial charge in [0.15, 0.2) is 0 Å². The third kappa shape index (κ3) is 4.72. The highest BCUT2D eigenvalue weighted by Gasteiger charge is 2.14. The molecule has 0 unspecified atom stereocenters. The molecule has 0 fully saturated rings. The third-order valence-electron chi connectivity index (χ3n) is 3.38. The highest BCUT2D eigenvalue weighted by atomic mass is 35.5. The molecule has 0 aliphatic carbocycles. The Morgan fingerprint density at radius 3 is 2.52 bits per heavy atom. The van der Waals surface area contributed by atoms with Crippen molar-refractivity contribution in [1.29, 1.82) is 0 Å². The number of hydrogen-bond acceptors (Lipinski definition) is 5. The first-order valence-corrected chi connectivity index (χ1v) is 8.82. The predicted molar refractivity (Wildman–Crippen MR) is 97.6 cm³/mol. The fraction of sp³-hybridized carbons (Fsp3) is 0.125. The summed E-state index contributed by atoms with van der Waals surface area (Å²) in [7, 11) is 0. The number of rotatable bonds is 6. The molecule has 0 bridgehead atoms. The van der Waals surface area contributed by atoms with Crippen molar-refractivity contribution in [3.8, 4) is 5.69 Å². The third-order valence-corrected chi connectivity index (χ3v) is 4.42. The van der Waals surface area contributed by atoms with E-state index in [4.69, 9.17) is 11.6 Å². The number of carbonyl (C=O) groups excluding carboxylic acids is 1. The zero-order valence-corrected chi connectivity index (χ0v) is 15.1. The number of amides is 1. The van der Waals surface area contributed by atoms with Crippen LogP contribution in [0.5, 0.6) is 0 Å². The van der Waals surface area contributed by atoms with E-state index >= 15 is 0 Å². The molecule has 3 rings (SSSR count). The van der Waals surface area contributed by atoms with Gasteiger partial charge in [0.05, 0.1) is 10.7 Å². The van der Waals surface area contributed by atoms with Crippen LogP contribution < -0.4 is 11.0 Å². The average Bonchev–Trinajstić information content (AvgIpc) is 2.97. The van der Waals surface area contributed by atoms with Crippen LogP contribution in [0.4, 0.5) is 14.5 Å². The summed E-state index contributed by atoms with van der Waals surface area (Å²) >= 11 is 6.44. The Balaban J connectivity index is 1.68. The number of halogens is 3. The Kier molecular flexibility index (Phi) is 5.87. The molecule has 1 amide bonds. The van der Waals surface area contributed by atoms with Crippen molar-refractivity contribution in [2.75, 3.05) is 5.32 Å². The van der Waals surface area contributed by atoms with Gasteiger partial charge in [0, 0.05) is 10.6 Å². The zero-order valence-electron chi connectivity index (χ0n) is 13.6. The summed E-state index contributed by atoms with van der Waals surface area (Å²) in [6.07, 6.45) is 0. The van der Waals surface area contributed by atoms with E-state index in [1.54, 1.807) is 24.3 Å². The monoisotopic (exact) mass is 411 g/mol. The lowest BCUT2D eigenvalue weighted by Crippen LogP contribution is -2.29. The molecule has 0 saturated heterocycles. The van der Waals surface area contributed by atoms with Crippen LogP contribution in [0.2, 0.25) is 5.02 Å². The van der Waals surface area contributed by atoms with Crippen molar-refractivity contribution in [3.63, 3.8) is 0 Å². The Morgan fingerprint density at radius 2 is 1.85 bits per heavy atom. The average molecular weight is 412 g/mol. The molecule has 0 radical (unpaired) electrons. The molecule has 0 saturated carbocycles. The summed E-state index contributed by atoms with van der Waals surface area (Å²) in [6.45, 7) is -0.364. The van der Waals surface area contributed by atoms with E-state index in [1.807, 2.05) is 0 Å². The molecular weight excluding hydrogens is 400 g/mol. The molecule has 0 spiro atoms. The number of alkyl halides is 2. The highest BCUT2D eigenvalue weighted by molar-refractivity contribution is 7.99. The summed E-state index contributed by atoms with van der Waals surface area (Å²) in [5.41, 5.74) is 0.134. The van der Waals surface area contributed by atoms with Crippen molar-refractivity contribution >= 4 is 35.0 Å². The maximum absolute atomic E-state index is 12.3. The predicted octanol–water partition coefficient (Wildman–Crippen LogP) is 3.04. The molecule has 7 nitrogen and oxygen atoms in total. The van der Waals surface area contributed by atoms with Gasteiger partial charge in [-0.2, -0.15) is 18.1 Å². The molecule has 1 aromatic heterocycles. The van der Waals surface area contributed by atoms with Crippen LogP contribution in [-0.2, 0) is 11.3 Å². The van der Waals surface area contributed by atoms with Gasteiger partial charge in [0.2, 0.25) is 5.91 Å². The minimum absolute atomic E-state index is 0.317. The van der Waals surface area contributed by atoms with Crippen molar-refractivity contribution in [2.45, 2.75) is 17.2 Å². The van der Waals surface area contributed by atoms with Gasteiger partial charge in [-0.05, 0) is 46.8 Å². The second kappa shape index (κ2) is 8.31. The molecule has 0 aliphatic heterocycles. The highest BCUT2D eigenvalue weighted by Crippen LogP contribution is 2.26. The number of thioether (sulfide) groups is 1. The van der Waals surface area contributed by atoms with Gasteiger partial charge in [0.1, 0.15) is 6.54 Å². The number of aromatic nitrogens is 4. The fourth-order valence-electron chi connectivity index (χ4n) is 2.20. The zero-order chi connectivity index (χ0) is 19.4. The number of carbonyl (C=O) groups is 1. The van der Waals surface area contributed by atoms with Gasteiger partial charge in [-0.25, -0.2) is 4.79 Å². The van der Waals surface area contributed by atoms with Gasteiger partial charge < -0.3 is 5.32 Å². The van der Waals surface area contributed by atoms with E-state index < -0.39 is 17.4 Å². The summed E-state index contributed by atoms with van der Waals surface area (Å²) in [4.78, 5) is 24.8. The van der Waals surface area contributed by atoms with Gasteiger partial charge in [-0.3, -0.25) is 4.79 Å². The minimum Gasteiger partial charge on any atom is -0.324 e. The molecule has 1 N–H and O–H groups in total. The number of benzene rings is 2. The molecule has 0 atom stereocenters. The second-order valence-corrected chi connectivity index (χ2v) is 6.70. The quantitative estimate of drug-likeness (QED) is 0.630. The van der Waals surface area contributed by atoms with Crippen LogP contribution in [-0.4, -0.2) is 31.5 Å². The summed E-state index contributed by atoms with van der Waals surface area (Å²) in [5.74, 6) is -3.03. The van der Waals surface area contributed by atoms with Crippen LogP contribution >= 0.6 is 23.4 Å². The van der Waals surface area contributed by atoms with E-state index in [0.717, 1.165) is 9.36 Å². The topological polar surface area (TPSA) is 81.8 Å². The molecule has 1 heterocycles.